The van der Waals surface area contributed by atoms with Gasteiger partial charge in [0, 0.05) is 32.2 Å². The molecule has 0 aliphatic carbocycles. The van der Waals surface area contributed by atoms with Crippen LogP contribution in [-0.4, -0.2) is 56.5 Å². The number of rotatable bonds is 12. The summed E-state index contributed by atoms with van der Waals surface area (Å²) in [5.41, 5.74) is 2.79. The van der Waals surface area contributed by atoms with Crippen molar-refractivity contribution in [3.8, 4) is 0 Å². The molecule has 0 saturated heterocycles. The number of hydrogen-bond acceptors (Lipinski definition) is 5. The van der Waals surface area contributed by atoms with Gasteiger partial charge < -0.3 is 19.9 Å². The Kier molecular flexibility index (Phi) is 9.15. The molecule has 0 radical (unpaired) electrons. The van der Waals surface area contributed by atoms with Crippen LogP contribution in [-0.2, 0) is 15.9 Å². The molecule has 2 unspecified atom stereocenters. The molecule has 0 amide bonds. The van der Waals surface area contributed by atoms with E-state index in [1.807, 2.05) is 43.3 Å². The maximum atomic E-state index is 12.9. The van der Waals surface area contributed by atoms with Crippen molar-refractivity contribution in [3.63, 3.8) is 0 Å². The third kappa shape index (κ3) is 7.61. The summed E-state index contributed by atoms with van der Waals surface area (Å²) in [4.78, 5) is 12.9. The van der Waals surface area contributed by atoms with Crippen molar-refractivity contribution in [3.05, 3.63) is 71.3 Å². The smallest absolute Gasteiger partial charge is 0.191 e. The number of Topliss-reactive ketones (excluding diaryl/α,β-unsaturated/α-hetero) is 1. The lowest BCUT2D eigenvalue weighted by molar-refractivity contribution is -0.00198. The molecule has 5 heteroatoms. The standard InChI is InChI=1S/C22H29NO4/c1-17-7-6-8-18(13-17)14-21(22(25)19-9-4-3-5-10-19)27-16-20(24)15-23-11-12-26-2/h3-10,13,20-21,23-24H,11-12,14-16H2,1-2H3. The van der Waals surface area contributed by atoms with Gasteiger partial charge in [-0.1, -0.05) is 60.2 Å². The molecule has 2 atom stereocenters. The average molecular weight is 371 g/mol. The lowest BCUT2D eigenvalue weighted by Gasteiger charge is -2.20. The molecule has 0 aliphatic heterocycles. The van der Waals surface area contributed by atoms with Crippen LogP contribution in [0, 0.1) is 6.92 Å². The zero-order valence-corrected chi connectivity index (χ0v) is 16.1. The molecule has 0 saturated carbocycles. The second kappa shape index (κ2) is 11.6. The number of aliphatic hydroxyl groups is 1. The summed E-state index contributed by atoms with van der Waals surface area (Å²) in [7, 11) is 1.63. The van der Waals surface area contributed by atoms with Gasteiger partial charge in [0.15, 0.2) is 5.78 Å². The number of hydrogen-bond donors (Lipinski definition) is 2. The molecular formula is C22H29NO4. The minimum absolute atomic E-state index is 0.0725. The number of ketones is 1. The van der Waals surface area contributed by atoms with E-state index in [-0.39, 0.29) is 12.4 Å². The zero-order chi connectivity index (χ0) is 19.5. The third-order valence-corrected chi connectivity index (χ3v) is 4.21. The van der Waals surface area contributed by atoms with Crippen molar-refractivity contribution in [2.45, 2.75) is 25.6 Å². The molecule has 2 rings (SSSR count). The molecule has 0 aliphatic rings. The number of aryl methyl sites for hydroxylation is 1. The molecule has 5 nitrogen and oxygen atoms in total. The second-order valence-electron chi connectivity index (χ2n) is 6.60. The SMILES string of the molecule is COCCNCC(O)COC(Cc1cccc(C)c1)C(=O)c1ccccc1. The topological polar surface area (TPSA) is 67.8 Å². The van der Waals surface area contributed by atoms with Crippen LogP contribution in [0.3, 0.4) is 0 Å². The van der Waals surface area contributed by atoms with Crippen LogP contribution in [0.2, 0.25) is 0 Å². The summed E-state index contributed by atoms with van der Waals surface area (Å²) < 4.78 is 10.8. The summed E-state index contributed by atoms with van der Waals surface area (Å²) in [5, 5.41) is 13.2. The molecule has 146 valence electrons. The van der Waals surface area contributed by atoms with E-state index in [9.17, 15) is 9.90 Å². The van der Waals surface area contributed by atoms with Crippen molar-refractivity contribution in [2.75, 3.05) is 33.4 Å². The lowest BCUT2D eigenvalue weighted by Crippen LogP contribution is -2.36. The molecule has 2 aromatic rings. The Morgan fingerprint density at radius 1 is 1.15 bits per heavy atom. The normalized spacial score (nSPS) is 13.3. The molecule has 0 aromatic heterocycles. The van der Waals surface area contributed by atoms with Gasteiger partial charge in [-0.05, 0) is 12.5 Å². The van der Waals surface area contributed by atoms with Crippen molar-refractivity contribution in [1.82, 2.24) is 5.32 Å². The maximum absolute atomic E-state index is 12.9. The quantitative estimate of drug-likeness (QED) is 0.443. The maximum Gasteiger partial charge on any atom is 0.191 e. The van der Waals surface area contributed by atoms with Crippen molar-refractivity contribution >= 4 is 5.78 Å². The van der Waals surface area contributed by atoms with Crippen molar-refractivity contribution in [2.24, 2.45) is 0 Å². The van der Waals surface area contributed by atoms with E-state index in [2.05, 4.69) is 11.4 Å². The first kappa shape index (κ1) is 21.3. The van der Waals surface area contributed by atoms with Gasteiger partial charge in [-0.15, -0.1) is 0 Å². The fourth-order valence-corrected chi connectivity index (χ4v) is 2.80. The minimum Gasteiger partial charge on any atom is -0.389 e. The third-order valence-electron chi connectivity index (χ3n) is 4.21. The first-order valence-corrected chi connectivity index (χ1v) is 9.24. The second-order valence-corrected chi connectivity index (χ2v) is 6.60. The van der Waals surface area contributed by atoms with Crippen LogP contribution in [0.15, 0.2) is 54.6 Å². The van der Waals surface area contributed by atoms with Gasteiger partial charge in [0.05, 0.1) is 19.3 Å². The van der Waals surface area contributed by atoms with Crippen LogP contribution >= 0.6 is 0 Å². The van der Waals surface area contributed by atoms with Gasteiger partial charge in [-0.2, -0.15) is 0 Å². The minimum atomic E-state index is -0.689. The Morgan fingerprint density at radius 3 is 2.63 bits per heavy atom. The fraction of sp³-hybridized carbons (Fsp3) is 0.409. The number of benzene rings is 2. The van der Waals surface area contributed by atoms with E-state index < -0.39 is 12.2 Å². The van der Waals surface area contributed by atoms with Gasteiger partial charge in [0.2, 0.25) is 0 Å². The zero-order valence-electron chi connectivity index (χ0n) is 16.1. The highest BCUT2D eigenvalue weighted by atomic mass is 16.5. The molecule has 0 spiro atoms. The first-order chi connectivity index (χ1) is 13.1. The van der Waals surface area contributed by atoms with E-state index >= 15 is 0 Å². The molecule has 27 heavy (non-hydrogen) atoms. The Morgan fingerprint density at radius 2 is 1.93 bits per heavy atom. The molecule has 0 heterocycles. The van der Waals surface area contributed by atoms with Gasteiger partial charge in [0.25, 0.3) is 0 Å². The van der Waals surface area contributed by atoms with Crippen LogP contribution in [0.5, 0.6) is 0 Å². The largest absolute Gasteiger partial charge is 0.389 e. The van der Waals surface area contributed by atoms with E-state index in [0.717, 1.165) is 11.1 Å². The van der Waals surface area contributed by atoms with E-state index in [1.165, 1.54) is 0 Å². The fourth-order valence-electron chi connectivity index (χ4n) is 2.80. The molecular weight excluding hydrogens is 342 g/mol. The molecule has 0 bridgehead atoms. The Bertz CT molecular complexity index is 690. The Labute approximate surface area is 161 Å². The average Bonchev–Trinajstić information content (AvgIpc) is 2.68. The van der Waals surface area contributed by atoms with Gasteiger partial charge in [-0.3, -0.25) is 4.79 Å². The van der Waals surface area contributed by atoms with Crippen LogP contribution in [0.25, 0.3) is 0 Å². The van der Waals surface area contributed by atoms with Gasteiger partial charge in [-0.25, -0.2) is 0 Å². The van der Waals surface area contributed by atoms with Crippen molar-refractivity contribution in [1.29, 1.82) is 0 Å². The Balaban J connectivity index is 2.00. The van der Waals surface area contributed by atoms with Crippen LogP contribution in [0.1, 0.15) is 21.5 Å². The number of aliphatic hydroxyl groups excluding tert-OH is 1. The number of ether oxygens (including phenoxy) is 2. The Hall–Kier alpha value is -2.05. The highest BCUT2D eigenvalue weighted by Crippen LogP contribution is 2.14. The van der Waals surface area contributed by atoms with Gasteiger partial charge >= 0.3 is 0 Å². The highest BCUT2D eigenvalue weighted by Gasteiger charge is 2.22. The lowest BCUT2D eigenvalue weighted by atomic mass is 9.99. The van der Waals surface area contributed by atoms with Gasteiger partial charge in [0.1, 0.15) is 6.10 Å². The number of methoxy groups -OCH3 is 1. The summed E-state index contributed by atoms with van der Waals surface area (Å²) in [6.07, 6.45) is -0.854. The van der Waals surface area contributed by atoms with E-state index in [4.69, 9.17) is 9.47 Å². The highest BCUT2D eigenvalue weighted by molar-refractivity contribution is 5.99. The monoisotopic (exact) mass is 371 g/mol. The van der Waals surface area contributed by atoms with E-state index in [0.29, 0.717) is 31.7 Å². The van der Waals surface area contributed by atoms with Crippen LogP contribution < -0.4 is 5.32 Å². The predicted molar refractivity (Wildman–Crippen MR) is 106 cm³/mol. The summed E-state index contributed by atoms with van der Waals surface area (Å²) >= 11 is 0. The molecule has 2 N–H and O–H groups in total. The number of carbonyl (C=O) groups excluding carboxylic acids is 1. The summed E-state index contributed by atoms with van der Waals surface area (Å²) in [6, 6.07) is 17.2. The van der Waals surface area contributed by atoms with Crippen LogP contribution in [0.4, 0.5) is 0 Å². The number of carbonyl (C=O) groups is 1. The summed E-state index contributed by atoms with van der Waals surface area (Å²) in [6.45, 7) is 3.74. The number of nitrogens with one attached hydrogen (secondary N) is 1. The molecule has 2 aromatic carbocycles. The van der Waals surface area contributed by atoms with E-state index in [1.54, 1.807) is 19.2 Å². The molecule has 0 fully saturated rings. The predicted octanol–water partition coefficient (Wildman–Crippen LogP) is 2.40. The van der Waals surface area contributed by atoms with Crippen molar-refractivity contribution < 1.29 is 19.4 Å². The summed E-state index contributed by atoms with van der Waals surface area (Å²) in [5.74, 6) is -0.0725. The first-order valence-electron chi connectivity index (χ1n) is 9.24.